The van der Waals surface area contributed by atoms with Gasteiger partial charge in [-0.15, -0.1) is 0 Å². The Morgan fingerprint density at radius 1 is 1.48 bits per heavy atom. The number of β-amino-alcohol motifs (C(OH)–C–C–N with tert-alkyl or cyclic N) is 1. The van der Waals surface area contributed by atoms with Crippen LogP contribution in [0.25, 0.3) is 0 Å². The van der Waals surface area contributed by atoms with Gasteiger partial charge < -0.3 is 15.9 Å². The molecule has 2 heterocycles. The van der Waals surface area contributed by atoms with Crippen molar-refractivity contribution in [3.63, 3.8) is 0 Å². The minimum atomic E-state index is -4.08. The second kappa shape index (κ2) is 5.42. The molecular formula is C10H14N4O6S. The number of amides is 1. The lowest BCUT2D eigenvalue weighted by atomic mass is 10.2. The van der Waals surface area contributed by atoms with Crippen molar-refractivity contribution in [2.24, 2.45) is 5.73 Å². The zero-order valence-corrected chi connectivity index (χ0v) is 11.6. The third-order valence-corrected chi connectivity index (χ3v) is 4.90. The smallest absolute Gasteiger partial charge is 0.325 e. The van der Waals surface area contributed by atoms with Gasteiger partial charge in [0.2, 0.25) is 15.9 Å². The van der Waals surface area contributed by atoms with Crippen LogP contribution in [0.2, 0.25) is 0 Å². The summed E-state index contributed by atoms with van der Waals surface area (Å²) in [7, 11) is -4.08. The number of aliphatic hydroxyl groups is 1. The van der Waals surface area contributed by atoms with Gasteiger partial charge in [0.25, 0.3) is 0 Å². The van der Waals surface area contributed by atoms with E-state index in [4.69, 9.17) is 10.8 Å². The fourth-order valence-corrected chi connectivity index (χ4v) is 3.75. The van der Waals surface area contributed by atoms with Crippen molar-refractivity contribution in [1.82, 2.24) is 14.1 Å². The summed E-state index contributed by atoms with van der Waals surface area (Å²) in [6.07, 6.45) is 0.983. The average molecular weight is 318 g/mol. The SMILES string of the molecule is NC(=O)C1CC(O)CN1S(=O)(=O)c1cnn(CC(=O)O)c1. The number of carboxylic acid groups (broad SMARTS) is 1. The molecule has 1 aliphatic heterocycles. The largest absolute Gasteiger partial charge is 0.480 e. The van der Waals surface area contributed by atoms with Crippen LogP contribution in [0.3, 0.4) is 0 Å². The van der Waals surface area contributed by atoms with Crippen LogP contribution in [0.5, 0.6) is 0 Å². The summed E-state index contributed by atoms with van der Waals surface area (Å²) in [5.74, 6) is -2.03. The van der Waals surface area contributed by atoms with E-state index in [1.807, 2.05) is 0 Å². The lowest BCUT2D eigenvalue weighted by molar-refractivity contribution is -0.137. The topological polar surface area (TPSA) is 156 Å². The Hall–Kier alpha value is -1.98. The molecule has 1 aromatic rings. The van der Waals surface area contributed by atoms with Gasteiger partial charge in [-0.3, -0.25) is 14.3 Å². The standard InChI is InChI=1S/C10H14N4O6S/c11-10(18)8-1-6(15)3-14(8)21(19,20)7-2-12-13(4-7)5-9(16)17/h2,4,6,8,15H,1,3,5H2,(H2,11,18)(H,16,17). The summed E-state index contributed by atoms with van der Waals surface area (Å²) in [5.41, 5.74) is 5.14. The predicted octanol–water partition coefficient (Wildman–Crippen LogP) is -2.42. The van der Waals surface area contributed by atoms with Crippen molar-refractivity contribution in [1.29, 1.82) is 0 Å². The number of carbonyl (C=O) groups is 2. The van der Waals surface area contributed by atoms with E-state index in [1.165, 1.54) is 0 Å². The molecule has 1 amide bonds. The molecule has 10 nitrogen and oxygen atoms in total. The third kappa shape index (κ3) is 3.04. The number of aliphatic carboxylic acids is 1. The van der Waals surface area contributed by atoms with Crippen molar-refractivity contribution in [3.8, 4) is 0 Å². The zero-order chi connectivity index (χ0) is 15.8. The molecule has 2 unspecified atom stereocenters. The highest BCUT2D eigenvalue weighted by atomic mass is 32.2. The van der Waals surface area contributed by atoms with Crippen LogP contribution in [-0.2, 0) is 26.2 Å². The first kappa shape index (κ1) is 15.4. The van der Waals surface area contributed by atoms with E-state index in [2.05, 4.69) is 5.10 Å². The van der Waals surface area contributed by atoms with Gasteiger partial charge in [0.15, 0.2) is 0 Å². The molecule has 4 N–H and O–H groups in total. The van der Waals surface area contributed by atoms with Gasteiger partial charge in [-0.1, -0.05) is 0 Å². The highest BCUT2D eigenvalue weighted by molar-refractivity contribution is 7.89. The van der Waals surface area contributed by atoms with Gasteiger partial charge in [-0.2, -0.15) is 9.40 Å². The molecule has 1 fully saturated rings. The van der Waals surface area contributed by atoms with E-state index >= 15 is 0 Å². The van der Waals surface area contributed by atoms with Gasteiger partial charge in [-0.05, 0) is 0 Å². The van der Waals surface area contributed by atoms with E-state index in [0.29, 0.717) is 0 Å². The van der Waals surface area contributed by atoms with Crippen LogP contribution < -0.4 is 5.73 Å². The summed E-state index contributed by atoms with van der Waals surface area (Å²) in [4.78, 5) is 21.6. The predicted molar refractivity (Wildman–Crippen MR) is 67.4 cm³/mol. The number of carbonyl (C=O) groups excluding carboxylic acids is 1. The molecule has 1 aromatic heterocycles. The van der Waals surface area contributed by atoms with Gasteiger partial charge in [-0.25, -0.2) is 8.42 Å². The maximum absolute atomic E-state index is 12.4. The number of aromatic nitrogens is 2. The molecule has 0 radical (unpaired) electrons. The van der Waals surface area contributed by atoms with E-state index in [1.54, 1.807) is 0 Å². The first-order valence-electron chi connectivity index (χ1n) is 5.95. The van der Waals surface area contributed by atoms with Crippen LogP contribution in [0, 0.1) is 0 Å². The lowest BCUT2D eigenvalue weighted by Gasteiger charge is -2.20. The number of nitrogens with two attached hydrogens (primary N) is 1. The number of rotatable bonds is 5. The zero-order valence-electron chi connectivity index (χ0n) is 10.8. The Morgan fingerprint density at radius 2 is 2.14 bits per heavy atom. The quantitative estimate of drug-likeness (QED) is 0.545. The Balaban J connectivity index is 2.30. The fourth-order valence-electron chi connectivity index (χ4n) is 2.15. The van der Waals surface area contributed by atoms with Gasteiger partial charge >= 0.3 is 5.97 Å². The Morgan fingerprint density at radius 3 is 2.71 bits per heavy atom. The first-order valence-corrected chi connectivity index (χ1v) is 7.39. The molecule has 0 bridgehead atoms. The molecule has 116 valence electrons. The maximum Gasteiger partial charge on any atom is 0.325 e. The lowest BCUT2D eigenvalue weighted by Crippen LogP contribution is -2.43. The van der Waals surface area contributed by atoms with E-state index < -0.39 is 40.6 Å². The number of hydrogen-bond donors (Lipinski definition) is 3. The van der Waals surface area contributed by atoms with E-state index in [9.17, 15) is 23.1 Å². The minimum Gasteiger partial charge on any atom is -0.480 e. The molecule has 0 aliphatic carbocycles. The number of aliphatic hydroxyl groups excluding tert-OH is 1. The highest BCUT2D eigenvalue weighted by Crippen LogP contribution is 2.25. The summed E-state index contributed by atoms with van der Waals surface area (Å²) in [5, 5.41) is 21.8. The maximum atomic E-state index is 12.4. The number of carboxylic acids is 1. The monoisotopic (exact) mass is 318 g/mol. The molecule has 1 aliphatic rings. The van der Waals surface area contributed by atoms with Gasteiger partial charge in [0, 0.05) is 19.2 Å². The van der Waals surface area contributed by atoms with Crippen LogP contribution in [-0.4, -0.2) is 63.3 Å². The molecule has 0 spiro atoms. The number of nitrogens with zero attached hydrogens (tertiary/aromatic N) is 3. The van der Waals surface area contributed by atoms with E-state index in [0.717, 1.165) is 21.4 Å². The number of sulfonamides is 1. The van der Waals surface area contributed by atoms with Crippen LogP contribution in [0.15, 0.2) is 17.3 Å². The highest BCUT2D eigenvalue weighted by Gasteiger charge is 2.43. The summed E-state index contributed by atoms with van der Waals surface area (Å²) in [6.45, 7) is -0.739. The fraction of sp³-hybridized carbons (Fsp3) is 0.500. The molecule has 0 aromatic carbocycles. The van der Waals surface area contributed by atoms with Crippen LogP contribution in [0.4, 0.5) is 0 Å². The van der Waals surface area contributed by atoms with Crippen molar-refractivity contribution in [2.75, 3.05) is 6.54 Å². The third-order valence-electron chi connectivity index (χ3n) is 3.08. The Kier molecular flexibility index (Phi) is 3.98. The average Bonchev–Trinajstić information content (AvgIpc) is 2.95. The summed E-state index contributed by atoms with van der Waals surface area (Å²) >= 11 is 0. The van der Waals surface area contributed by atoms with Crippen LogP contribution in [0.1, 0.15) is 6.42 Å². The molecule has 0 saturated carbocycles. The number of hydrogen-bond acceptors (Lipinski definition) is 6. The Labute approximate surface area is 119 Å². The van der Waals surface area contributed by atoms with Crippen molar-refractivity contribution >= 4 is 21.9 Å². The van der Waals surface area contributed by atoms with Crippen molar-refractivity contribution in [3.05, 3.63) is 12.4 Å². The molecular weight excluding hydrogens is 304 g/mol. The molecule has 2 rings (SSSR count). The summed E-state index contributed by atoms with van der Waals surface area (Å²) < 4.78 is 26.6. The number of primary amides is 1. The minimum absolute atomic E-state index is 0.0716. The Bertz CT molecular complexity index is 669. The molecule has 11 heteroatoms. The van der Waals surface area contributed by atoms with Gasteiger partial charge in [0.05, 0.1) is 12.3 Å². The van der Waals surface area contributed by atoms with Gasteiger partial charge in [0.1, 0.15) is 17.5 Å². The second-order valence-corrected chi connectivity index (χ2v) is 6.54. The summed E-state index contributed by atoms with van der Waals surface area (Å²) in [6, 6.07) is -1.13. The molecule has 1 saturated heterocycles. The molecule has 21 heavy (non-hydrogen) atoms. The van der Waals surface area contributed by atoms with Crippen LogP contribution >= 0.6 is 0 Å². The van der Waals surface area contributed by atoms with Crippen molar-refractivity contribution < 1.29 is 28.2 Å². The normalized spacial score (nSPS) is 23.3. The first-order chi connectivity index (χ1) is 9.71. The molecule has 2 atom stereocenters. The van der Waals surface area contributed by atoms with Crippen molar-refractivity contribution in [2.45, 2.75) is 30.0 Å². The second-order valence-electron chi connectivity index (χ2n) is 4.65. The van der Waals surface area contributed by atoms with E-state index in [-0.39, 0.29) is 17.9 Å².